The lowest BCUT2D eigenvalue weighted by atomic mass is 10.1. The van der Waals surface area contributed by atoms with Crippen molar-refractivity contribution < 1.29 is 15.0 Å². The summed E-state index contributed by atoms with van der Waals surface area (Å²) in [6.45, 7) is 0.399. The normalized spacial score (nSPS) is 11.0. The molecule has 0 radical (unpaired) electrons. The summed E-state index contributed by atoms with van der Waals surface area (Å²) in [6.07, 6.45) is 4.97. The molecule has 3 N–H and O–H groups in total. The third-order valence-corrected chi connectivity index (χ3v) is 6.17. The van der Waals surface area contributed by atoms with E-state index in [-0.39, 0.29) is 32.2 Å². The molecular weight excluding hydrogens is 480 g/mol. The largest absolute Gasteiger partial charge is 0.395 e. The van der Waals surface area contributed by atoms with E-state index in [1.165, 1.54) is 11.1 Å². The van der Waals surface area contributed by atoms with Gasteiger partial charge >= 0.3 is 0 Å². The molecule has 0 spiro atoms. The van der Waals surface area contributed by atoms with Gasteiger partial charge in [-0.1, -0.05) is 60.7 Å². The van der Waals surface area contributed by atoms with E-state index in [2.05, 4.69) is 10.3 Å². The maximum Gasteiger partial charge on any atom is 0.255 e. The van der Waals surface area contributed by atoms with Gasteiger partial charge in [-0.15, -0.1) is 5.10 Å². The van der Waals surface area contributed by atoms with Gasteiger partial charge in [-0.2, -0.15) is 0 Å². The van der Waals surface area contributed by atoms with Crippen LogP contribution < -0.4 is 5.32 Å². The number of hydrogen-bond donors (Lipinski definition) is 3. The highest BCUT2D eigenvalue weighted by molar-refractivity contribution is 5.95. The van der Waals surface area contributed by atoms with Crippen molar-refractivity contribution >= 4 is 17.2 Å². The average molecular weight is 509 g/mol. The first-order valence-corrected chi connectivity index (χ1v) is 12.4. The number of nitrogens with one attached hydrogen (secondary N) is 1. The first-order valence-electron chi connectivity index (χ1n) is 12.4. The lowest BCUT2D eigenvalue weighted by Gasteiger charge is -2.20. The van der Waals surface area contributed by atoms with Gasteiger partial charge in [-0.05, 0) is 23.3 Å². The summed E-state index contributed by atoms with van der Waals surface area (Å²) in [5.74, 6) is 0.723. The lowest BCUT2D eigenvalue weighted by Crippen LogP contribution is -2.35. The number of carbonyl (C=O) groups excluding carboxylic acids is 1. The van der Waals surface area contributed by atoms with Crippen molar-refractivity contribution in [1.82, 2.24) is 24.5 Å². The number of aromatic nitrogens is 4. The van der Waals surface area contributed by atoms with Crippen LogP contribution in [0.5, 0.6) is 0 Å². The predicted octanol–water partition coefficient (Wildman–Crippen LogP) is 3.50. The van der Waals surface area contributed by atoms with Crippen molar-refractivity contribution in [3.05, 3.63) is 103 Å². The SMILES string of the molecule is O=C(c1cncc(-c2nc(NCc3ccccc3)c3c(-c4ccccc4)ccn3n2)c1)N(CCO)CCO. The van der Waals surface area contributed by atoms with Crippen LogP contribution in [0.15, 0.2) is 91.4 Å². The Bertz CT molecular complexity index is 1520. The monoisotopic (exact) mass is 508 g/mol. The molecule has 3 heterocycles. The smallest absolute Gasteiger partial charge is 0.255 e. The number of aliphatic hydroxyl groups excluding tert-OH is 2. The first-order chi connectivity index (χ1) is 18.7. The fourth-order valence-corrected chi connectivity index (χ4v) is 4.32. The van der Waals surface area contributed by atoms with Gasteiger partial charge in [0, 0.05) is 49.4 Å². The Labute approximate surface area is 220 Å². The molecule has 3 aromatic heterocycles. The summed E-state index contributed by atoms with van der Waals surface area (Å²) in [6, 6.07) is 23.8. The highest BCUT2D eigenvalue weighted by Gasteiger charge is 2.19. The Balaban J connectivity index is 1.56. The molecule has 9 heteroatoms. The number of aliphatic hydroxyl groups is 2. The van der Waals surface area contributed by atoms with Gasteiger partial charge in [0.2, 0.25) is 0 Å². The number of pyridine rings is 1. The number of nitrogens with zero attached hydrogens (tertiary/aromatic N) is 5. The zero-order valence-electron chi connectivity index (χ0n) is 20.7. The zero-order valence-corrected chi connectivity index (χ0v) is 20.7. The fourth-order valence-electron chi connectivity index (χ4n) is 4.32. The predicted molar refractivity (Wildman–Crippen MR) is 145 cm³/mol. The minimum atomic E-state index is -0.335. The molecule has 0 saturated carbocycles. The highest BCUT2D eigenvalue weighted by atomic mass is 16.3. The van der Waals surface area contributed by atoms with Crippen LogP contribution in [0.1, 0.15) is 15.9 Å². The van der Waals surface area contributed by atoms with Crippen LogP contribution in [-0.2, 0) is 6.54 Å². The standard InChI is InChI=1S/C29H28N6O3/c36-15-13-34(14-16-37)29(38)24-17-23(19-30-20-24)27-32-28(31-18-21-7-3-1-4-8-21)26-25(11-12-35(26)33-27)22-9-5-2-6-10-22/h1-12,17,19-20,36-37H,13-16,18H2,(H,31,32,33). The average Bonchev–Trinajstić information content (AvgIpc) is 3.41. The first kappa shape index (κ1) is 25.1. The van der Waals surface area contributed by atoms with E-state index in [0.29, 0.717) is 29.3 Å². The second-order valence-electron chi connectivity index (χ2n) is 8.71. The summed E-state index contributed by atoms with van der Waals surface area (Å²) >= 11 is 0. The molecule has 9 nitrogen and oxygen atoms in total. The fraction of sp³-hybridized carbons (Fsp3) is 0.172. The van der Waals surface area contributed by atoms with Crippen molar-refractivity contribution in [3.63, 3.8) is 0 Å². The Hall–Kier alpha value is -4.60. The van der Waals surface area contributed by atoms with Gasteiger partial charge in [-0.3, -0.25) is 9.78 Å². The molecule has 0 atom stereocenters. The number of benzene rings is 2. The van der Waals surface area contributed by atoms with Crippen molar-refractivity contribution in [2.24, 2.45) is 0 Å². The van der Waals surface area contributed by atoms with Gasteiger partial charge in [0.05, 0.1) is 18.8 Å². The number of rotatable bonds is 10. The van der Waals surface area contributed by atoms with E-state index >= 15 is 0 Å². The van der Waals surface area contributed by atoms with Crippen molar-refractivity contribution in [2.75, 3.05) is 31.6 Å². The van der Waals surface area contributed by atoms with E-state index in [9.17, 15) is 15.0 Å². The van der Waals surface area contributed by atoms with E-state index in [1.54, 1.807) is 16.8 Å². The minimum Gasteiger partial charge on any atom is -0.395 e. The van der Waals surface area contributed by atoms with Crippen molar-refractivity contribution in [1.29, 1.82) is 0 Å². The van der Waals surface area contributed by atoms with Crippen LogP contribution in [0.2, 0.25) is 0 Å². The van der Waals surface area contributed by atoms with Crippen LogP contribution in [0, 0.1) is 0 Å². The van der Waals surface area contributed by atoms with Crippen molar-refractivity contribution in [2.45, 2.75) is 6.54 Å². The summed E-state index contributed by atoms with van der Waals surface area (Å²) in [5, 5.41) is 26.9. The van der Waals surface area contributed by atoms with Gasteiger partial charge in [0.1, 0.15) is 5.52 Å². The third-order valence-electron chi connectivity index (χ3n) is 6.17. The molecule has 5 aromatic rings. The Morgan fingerprint density at radius 2 is 1.61 bits per heavy atom. The minimum absolute atomic E-state index is 0.116. The highest BCUT2D eigenvalue weighted by Crippen LogP contribution is 2.31. The molecule has 5 rings (SSSR count). The summed E-state index contributed by atoms with van der Waals surface area (Å²) < 4.78 is 1.79. The van der Waals surface area contributed by atoms with Crippen LogP contribution in [-0.4, -0.2) is 66.9 Å². The van der Waals surface area contributed by atoms with E-state index in [1.807, 2.05) is 72.9 Å². The quantitative estimate of drug-likeness (QED) is 0.264. The summed E-state index contributed by atoms with van der Waals surface area (Å²) in [5.41, 5.74) is 4.90. The molecule has 0 aliphatic carbocycles. The Morgan fingerprint density at radius 3 is 2.32 bits per heavy atom. The molecule has 0 aliphatic heterocycles. The molecule has 192 valence electrons. The second kappa shape index (κ2) is 11.6. The van der Waals surface area contributed by atoms with E-state index in [0.717, 1.165) is 22.2 Å². The van der Waals surface area contributed by atoms with Gasteiger partial charge < -0.3 is 20.4 Å². The van der Waals surface area contributed by atoms with Crippen LogP contribution in [0.4, 0.5) is 5.82 Å². The molecule has 38 heavy (non-hydrogen) atoms. The van der Waals surface area contributed by atoms with Gasteiger partial charge in [-0.25, -0.2) is 9.50 Å². The molecule has 0 unspecified atom stereocenters. The lowest BCUT2D eigenvalue weighted by molar-refractivity contribution is 0.0684. The second-order valence-corrected chi connectivity index (χ2v) is 8.71. The molecule has 0 bridgehead atoms. The van der Waals surface area contributed by atoms with Gasteiger partial charge in [0.15, 0.2) is 11.6 Å². The third kappa shape index (κ3) is 5.39. The van der Waals surface area contributed by atoms with Gasteiger partial charge in [0.25, 0.3) is 5.91 Å². The van der Waals surface area contributed by atoms with E-state index in [4.69, 9.17) is 10.1 Å². The molecule has 2 aromatic carbocycles. The Morgan fingerprint density at radius 1 is 0.895 bits per heavy atom. The molecule has 1 amide bonds. The van der Waals surface area contributed by atoms with Crippen LogP contribution in [0.3, 0.4) is 0 Å². The van der Waals surface area contributed by atoms with Crippen LogP contribution in [0.25, 0.3) is 28.0 Å². The maximum atomic E-state index is 13.0. The topological polar surface area (TPSA) is 116 Å². The number of fused-ring (bicyclic) bond motifs is 1. The maximum absolute atomic E-state index is 13.0. The van der Waals surface area contributed by atoms with Crippen molar-refractivity contribution in [3.8, 4) is 22.5 Å². The summed E-state index contributed by atoms with van der Waals surface area (Å²) in [7, 11) is 0. The van der Waals surface area contributed by atoms with E-state index < -0.39 is 0 Å². The molecule has 0 saturated heterocycles. The number of hydrogen-bond acceptors (Lipinski definition) is 7. The Kier molecular flexibility index (Phi) is 7.67. The molecule has 0 fully saturated rings. The number of anilines is 1. The number of carbonyl (C=O) groups is 1. The molecule has 0 aliphatic rings. The van der Waals surface area contributed by atoms with Crippen LogP contribution >= 0.6 is 0 Å². The zero-order chi connectivity index (χ0) is 26.3. The number of amides is 1. The molecular formula is C29H28N6O3. The summed E-state index contributed by atoms with van der Waals surface area (Å²) in [4.78, 5) is 23.5.